The number of benzene rings is 8. The molecule has 0 bridgehead atoms. The number of fused-ring (bicyclic) bond motifs is 12. The van der Waals surface area contributed by atoms with Crippen molar-refractivity contribution < 1.29 is 13.3 Å². The molecule has 0 aliphatic rings. The van der Waals surface area contributed by atoms with Crippen LogP contribution >= 0.6 is 0 Å². The Morgan fingerprint density at radius 3 is 1.15 bits per heavy atom. The van der Waals surface area contributed by atoms with Gasteiger partial charge in [-0.3, -0.25) is 0 Å². The van der Waals surface area contributed by atoms with Gasteiger partial charge in [0.2, 0.25) is 0 Å². The summed E-state index contributed by atoms with van der Waals surface area (Å²) in [5.41, 5.74) is 12.7. The highest BCUT2D eigenvalue weighted by molar-refractivity contribution is 6.25. The number of hydrogen-bond acceptors (Lipinski definition) is 3. The molecule has 242 valence electrons. The number of aromatic nitrogens is 1. The van der Waals surface area contributed by atoms with Crippen LogP contribution in [0.25, 0.3) is 116 Å². The van der Waals surface area contributed by atoms with Crippen LogP contribution in [0.2, 0.25) is 0 Å². The normalized spacial score (nSPS) is 12.2. The Hall–Kier alpha value is -7.04. The number of furan rings is 3. The molecule has 12 aromatic rings. The van der Waals surface area contributed by atoms with Crippen LogP contribution in [0, 0.1) is 0 Å². The fourth-order valence-electron chi connectivity index (χ4n) is 8.64. The van der Waals surface area contributed by atoms with E-state index in [9.17, 15) is 0 Å². The summed E-state index contributed by atoms with van der Waals surface area (Å²) < 4.78 is 22.3. The van der Waals surface area contributed by atoms with Crippen LogP contribution in [0.4, 0.5) is 0 Å². The Balaban J connectivity index is 1.26. The third kappa shape index (κ3) is 3.65. The molecule has 12 rings (SSSR count). The SMILES string of the molecule is c1ccc2c(c1)oc1c(-c3cccc4c3c3c(-c5cccc6c5oc5ccccc56)cccc3n4-c3cccc4c3oc3ccccc34)cccc12. The molecule has 52 heavy (non-hydrogen) atoms. The second-order valence-corrected chi connectivity index (χ2v) is 13.5. The fourth-order valence-corrected chi connectivity index (χ4v) is 8.64. The topological polar surface area (TPSA) is 44.4 Å². The van der Waals surface area contributed by atoms with Gasteiger partial charge in [0.05, 0.1) is 16.7 Å². The lowest BCUT2D eigenvalue weighted by atomic mass is 9.93. The molecule has 0 aliphatic heterocycles. The standard InChI is InChI=1S/C48H27NO3/c1-4-25-41-28(12-1)33-17-7-19-36(46(33)50-41)31-15-9-22-38-44(31)45-32(37-20-8-18-34-29-13-2-5-26-42(29)51-47(34)37)16-10-23-39(45)49(38)40-24-11-21-35-30-14-3-6-27-43(30)52-48(35)40/h1-27H. The van der Waals surface area contributed by atoms with Gasteiger partial charge < -0.3 is 17.8 Å². The second kappa shape index (κ2) is 10.3. The van der Waals surface area contributed by atoms with Crippen LogP contribution in [0.1, 0.15) is 0 Å². The minimum atomic E-state index is 0.858. The zero-order chi connectivity index (χ0) is 33.9. The van der Waals surface area contributed by atoms with E-state index in [0.717, 1.165) is 116 Å². The maximum absolute atomic E-state index is 6.67. The minimum absolute atomic E-state index is 0.858. The Bertz CT molecular complexity index is 3250. The molecule has 4 nitrogen and oxygen atoms in total. The molecule has 0 fully saturated rings. The van der Waals surface area contributed by atoms with E-state index >= 15 is 0 Å². The van der Waals surface area contributed by atoms with E-state index in [2.05, 4.69) is 132 Å². The highest BCUT2D eigenvalue weighted by Gasteiger charge is 2.24. The summed E-state index contributed by atoms with van der Waals surface area (Å²) in [6.07, 6.45) is 0. The molecule has 0 amide bonds. The van der Waals surface area contributed by atoms with Gasteiger partial charge in [0, 0.05) is 54.2 Å². The predicted octanol–water partition coefficient (Wildman–Crippen LogP) is 13.8. The molecule has 0 saturated heterocycles. The molecule has 4 heterocycles. The van der Waals surface area contributed by atoms with Gasteiger partial charge in [-0.1, -0.05) is 127 Å². The summed E-state index contributed by atoms with van der Waals surface area (Å²) in [5.74, 6) is 0. The summed E-state index contributed by atoms with van der Waals surface area (Å²) in [4.78, 5) is 0. The van der Waals surface area contributed by atoms with E-state index in [4.69, 9.17) is 13.3 Å². The summed E-state index contributed by atoms with van der Waals surface area (Å²) in [6, 6.07) is 57.5. The van der Waals surface area contributed by atoms with Crippen LogP contribution in [0.5, 0.6) is 0 Å². The van der Waals surface area contributed by atoms with E-state index in [1.807, 2.05) is 36.4 Å². The molecule has 0 radical (unpaired) electrons. The van der Waals surface area contributed by atoms with Crippen LogP contribution < -0.4 is 0 Å². The Kier molecular flexibility index (Phi) is 5.47. The van der Waals surface area contributed by atoms with Gasteiger partial charge in [0.1, 0.15) is 27.9 Å². The zero-order valence-electron chi connectivity index (χ0n) is 27.8. The van der Waals surface area contributed by atoms with Crippen molar-refractivity contribution in [2.75, 3.05) is 0 Å². The number of nitrogens with zero attached hydrogens (tertiary/aromatic N) is 1. The van der Waals surface area contributed by atoms with Crippen LogP contribution in [0.3, 0.4) is 0 Å². The van der Waals surface area contributed by atoms with Gasteiger partial charge in [-0.15, -0.1) is 0 Å². The van der Waals surface area contributed by atoms with Crippen LogP contribution in [-0.4, -0.2) is 4.57 Å². The largest absolute Gasteiger partial charge is 0.455 e. The second-order valence-electron chi connectivity index (χ2n) is 13.5. The van der Waals surface area contributed by atoms with E-state index in [1.165, 1.54) is 0 Å². The quantitative estimate of drug-likeness (QED) is 0.189. The van der Waals surface area contributed by atoms with Gasteiger partial charge in [-0.2, -0.15) is 0 Å². The van der Waals surface area contributed by atoms with Crippen LogP contribution in [0.15, 0.2) is 177 Å². The van der Waals surface area contributed by atoms with Crippen LogP contribution in [-0.2, 0) is 0 Å². The maximum atomic E-state index is 6.67. The van der Waals surface area contributed by atoms with Crippen molar-refractivity contribution in [3.05, 3.63) is 164 Å². The third-order valence-electron chi connectivity index (χ3n) is 10.8. The smallest absolute Gasteiger partial charge is 0.159 e. The van der Waals surface area contributed by atoms with Gasteiger partial charge >= 0.3 is 0 Å². The number of rotatable bonds is 3. The molecule has 8 aromatic carbocycles. The highest BCUT2D eigenvalue weighted by atomic mass is 16.3. The lowest BCUT2D eigenvalue weighted by Gasteiger charge is -2.10. The van der Waals surface area contributed by atoms with E-state index < -0.39 is 0 Å². The van der Waals surface area contributed by atoms with E-state index in [1.54, 1.807) is 0 Å². The third-order valence-corrected chi connectivity index (χ3v) is 10.8. The van der Waals surface area contributed by atoms with Gasteiger partial charge in [-0.25, -0.2) is 0 Å². The fraction of sp³-hybridized carbons (Fsp3) is 0. The van der Waals surface area contributed by atoms with Crippen molar-refractivity contribution in [3.8, 4) is 27.9 Å². The molecule has 0 atom stereocenters. The first kappa shape index (κ1) is 27.7. The molecular formula is C48H27NO3. The average Bonchev–Trinajstić information content (AvgIpc) is 3.96. The summed E-state index contributed by atoms with van der Waals surface area (Å²) in [5, 5.41) is 8.92. The van der Waals surface area contributed by atoms with Crippen molar-refractivity contribution in [2.24, 2.45) is 0 Å². The molecule has 0 saturated carbocycles. The van der Waals surface area contributed by atoms with Crippen molar-refractivity contribution in [1.29, 1.82) is 0 Å². The first-order chi connectivity index (χ1) is 25.8. The van der Waals surface area contributed by atoms with Gasteiger partial charge in [0.15, 0.2) is 5.58 Å². The molecule has 4 aromatic heterocycles. The summed E-state index contributed by atoms with van der Waals surface area (Å²) in [7, 11) is 0. The highest BCUT2D eigenvalue weighted by Crippen LogP contribution is 2.48. The average molecular weight is 666 g/mol. The first-order valence-electron chi connectivity index (χ1n) is 17.6. The Morgan fingerprint density at radius 1 is 0.288 bits per heavy atom. The molecule has 0 unspecified atom stereocenters. The molecular weight excluding hydrogens is 639 g/mol. The monoisotopic (exact) mass is 665 g/mol. The van der Waals surface area contributed by atoms with Crippen molar-refractivity contribution in [3.63, 3.8) is 0 Å². The lowest BCUT2D eigenvalue weighted by molar-refractivity contribution is 0.666. The molecule has 0 N–H and O–H groups in total. The van der Waals surface area contributed by atoms with Gasteiger partial charge in [0.25, 0.3) is 0 Å². The van der Waals surface area contributed by atoms with Crippen molar-refractivity contribution >= 4 is 87.6 Å². The Labute approximate surface area is 296 Å². The summed E-state index contributed by atoms with van der Waals surface area (Å²) in [6.45, 7) is 0. The van der Waals surface area contributed by atoms with Crippen molar-refractivity contribution in [2.45, 2.75) is 0 Å². The predicted molar refractivity (Wildman–Crippen MR) is 213 cm³/mol. The Morgan fingerprint density at radius 2 is 0.654 bits per heavy atom. The summed E-state index contributed by atoms with van der Waals surface area (Å²) >= 11 is 0. The number of para-hydroxylation sites is 6. The lowest BCUT2D eigenvalue weighted by Crippen LogP contribution is -1.94. The molecule has 0 spiro atoms. The van der Waals surface area contributed by atoms with E-state index in [0.29, 0.717) is 0 Å². The van der Waals surface area contributed by atoms with Gasteiger partial charge in [-0.05, 0) is 47.5 Å². The maximum Gasteiger partial charge on any atom is 0.159 e. The first-order valence-corrected chi connectivity index (χ1v) is 17.6. The van der Waals surface area contributed by atoms with E-state index in [-0.39, 0.29) is 0 Å². The zero-order valence-corrected chi connectivity index (χ0v) is 27.8. The minimum Gasteiger partial charge on any atom is -0.455 e. The van der Waals surface area contributed by atoms with Crippen molar-refractivity contribution in [1.82, 2.24) is 4.57 Å². The number of hydrogen-bond donors (Lipinski definition) is 0. The molecule has 4 heteroatoms. The molecule has 0 aliphatic carbocycles.